The van der Waals surface area contributed by atoms with Crippen molar-refractivity contribution in [2.45, 2.75) is 44.2 Å². The van der Waals surface area contributed by atoms with Gasteiger partial charge in [0, 0.05) is 17.5 Å². The van der Waals surface area contributed by atoms with Gasteiger partial charge in [0.05, 0.1) is 12.1 Å². The minimum absolute atomic E-state index is 0.0405. The van der Waals surface area contributed by atoms with Crippen LogP contribution in [0.1, 0.15) is 31.4 Å². The number of nitrogens with zero attached hydrogens (tertiary/aromatic N) is 4. The van der Waals surface area contributed by atoms with E-state index in [0.29, 0.717) is 6.42 Å². The minimum Gasteiger partial charge on any atom is -0.368 e. The van der Waals surface area contributed by atoms with E-state index in [-0.39, 0.29) is 12.1 Å². The molecule has 6 nitrogen and oxygen atoms in total. The first-order valence-electron chi connectivity index (χ1n) is 7.24. The average molecular weight is 290 g/mol. The number of hydrogen-bond acceptors (Lipinski definition) is 4. The molecule has 1 aromatic carbocycles. The van der Waals surface area contributed by atoms with Crippen LogP contribution >= 0.6 is 0 Å². The van der Waals surface area contributed by atoms with Gasteiger partial charge in [0.2, 0.25) is 0 Å². The van der Waals surface area contributed by atoms with Gasteiger partial charge in [-0.05, 0) is 37.9 Å². The van der Waals surface area contributed by atoms with E-state index in [0.717, 1.165) is 13.0 Å². The van der Waals surface area contributed by atoms with Crippen LogP contribution in [0.4, 0.5) is 0 Å². The van der Waals surface area contributed by atoms with Gasteiger partial charge in [-0.15, -0.1) is 0 Å². The van der Waals surface area contributed by atoms with Crippen LogP contribution in [-0.4, -0.2) is 42.0 Å². The molecule has 1 heterocycles. The standard InChI is InChI=1S/C15H22N4O2/c1-11(12-6-4-3-5-7-12)19(2)10-13-8-9-14(17-18-16)15(20)21-13/h3-7,11,13-15,20H,8-10H2,1-2H3/t11-,13+,14+,15+/m0/s1. The van der Waals surface area contributed by atoms with Crippen molar-refractivity contribution >= 4 is 0 Å². The molecule has 0 radical (unpaired) electrons. The molecule has 1 aliphatic rings. The molecule has 4 atom stereocenters. The number of hydrogen-bond donors (Lipinski definition) is 1. The lowest BCUT2D eigenvalue weighted by Crippen LogP contribution is -2.42. The number of rotatable bonds is 5. The zero-order valence-electron chi connectivity index (χ0n) is 12.5. The Bertz CT molecular complexity index is 490. The summed E-state index contributed by atoms with van der Waals surface area (Å²) in [5.41, 5.74) is 9.68. The van der Waals surface area contributed by atoms with Gasteiger partial charge in [0.15, 0.2) is 6.29 Å². The summed E-state index contributed by atoms with van der Waals surface area (Å²) in [6.07, 6.45) is 0.400. The second-order valence-electron chi connectivity index (χ2n) is 5.52. The Morgan fingerprint density at radius 1 is 1.43 bits per heavy atom. The Morgan fingerprint density at radius 2 is 2.14 bits per heavy atom. The van der Waals surface area contributed by atoms with Gasteiger partial charge in [-0.1, -0.05) is 35.4 Å². The number of aliphatic hydroxyl groups excluding tert-OH is 1. The van der Waals surface area contributed by atoms with Gasteiger partial charge >= 0.3 is 0 Å². The summed E-state index contributed by atoms with van der Waals surface area (Å²) in [5, 5.41) is 13.4. The smallest absolute Gasteiger partial charge is 0.163 e. The molecule has 0 saturated carbocycles. The topological polar surface area (TPSA) is 81.5 Å². The molecule has 1 N–H and O–H groups in total. The monoisotopic (exact) mass is 290 g/mol. The van der Waals surface area contributed by atoms with E-state index >= 15 is 0 Å². The van der Waals surface area contributed by atoms with Crippen molar-refractivity contribution in [1.82, 2.24) is 4.90 Å². The van der Waals surface area contributed by atoms with E-state index in [9.17, 15) is 5.11 Å². The molecule has 1 saturated heterocycles. The fourth-order valence-corrected chi connectivity index (χ4v) is 2.64. The van der Waals surface area contributed by atoms with E-state index in [2.05, 4.69) is 34.0 Å². The average Bonchev–Trinajstić information content (AvgIpc) is 2.50. The Morgan fingerprint density at radius 3 is 2.76 bits per heavy atom. The molecule has 6 heteroatoms. The third-order valence-electron chi connectivity index (χ3n) is 4.08. The van der Waals surface area contributed by atoms with Crippen LogP contribution in [0.3, 0.4) is 0 Å². The Labute approximate surface area is 125 Å². The first-order valence-corrected chi connectivity index (χ1v) is 7.24. The molecule has 0 spiro atoms. The second kappa shape index (κ2) is 7.43. The van der Waals surface area contributed by atoms with E-state index < -0.39 is 12.3 Å². The van der Waals surface area contributed by atoms with E-state index in [1.807, 2.05) is 25.2 Å². The quantitative estimate of drug-likeness (QED) is 0.514. The van der Waals surface area contributed by atoms with Crippen molar-refractivity contribution in [3.05, 3.63) is 46.3 Å². The molecule has 0 aliphatic carbocycles. The highest BCUT2D eigenvalue weighted by molar-refractivity contribution is 5.18. The number of azide groups is 1. The lowest BCUT2D eigenvalue weighted by molar-refractivity contribution is -0.176. The molecule has 1 aliphatic heterocycles. The van der Waals surface area contributed by atoms with Gasteiger partial charge in [-0.3, -0.25) is 4.90 Å². The summed E-state index contributed by atoms with van der Waals surface area (Å²) in [6.45, 7) is 2.88. The van der Waals surface area contributed by atoms with Crippen LogP contribution in [-0.2, 0) is 4.74 Å². The highest BCUT2D eigenvalue weighted by atomic mass is 16.6. The number of likely N-dealkylation sites (N-methyl/N-ethyl adjacent to an activating group) is 1. The summed E-state index contributed by atoms with van der Waals surface area (Å²) in [5.74, 6) is 0. The van der Waals surface area contributed by atoms with Crippen LogP contribution in [0, 0.1) is 0 Å². The largest absolute Gasteiger partial charge is 0.368 e. The number of benzene rings is 1. The Hall–Kier alpha value is -1.59. The maximum atomic E-state index is 9.83. The van der Waals surface area contributed by atoms with Gasteiger partial charge < -0.3 is 9.84 Å². The fraction of sp³-hybridized carbons (Fsp3) is 0.600. The molecule has 0 amide bonds. The Balaban J connectivity index is 1.89. The predicted octanol–water partition coefficient (Wildman–Crippen LogP) is 2.86. The normalized spacial score (nSPS) is 27.1. The molecule has 0 unspecified atom stereocenters. The zero-order valence-corrected chi connectivity index (χ0v) is 12.5. The van der Waals surface area contributed by atoms with Crippen molar-refractivity contribution in [2.24, 2.45) is 5.11 Å². The summed E-state index contributed by atoms with van der Waals surface area (Å²) in [6, 6.07) is 10.1. The molecule has 0 aromatic heterocycles. The zero-order chi connectivity index (χ0) is 15.2. The minimum atomic E-state index is -1.000. The van der Waals surface area contributed by atoms with Crippen molar-refractivity contribution in [3.63, 3.8) is 0 Å². The summed E-state index contributed by atoms with van der Waals surface area (Å²) >= 11 is 0. The second-order valence-corrected chi connectivity index (χ2v) is 5.52. The number of aliphatic hydroxyl groups is 1. The molecule has 1 aromatic rings. The lowest BCUT2D eigenvalue weighted by atomic mass is 10.0. The van der Waals surface area contributed by atoms with E-state index in [4.69, 9.17) is 10.3 Å². The Kier molecular flexibility index (Phi) is 5.59. The number of ether oxygens (including phenoxy) is 1. The molecule has 2 rings (SSSR count). The fourth-order valence-electron chi connectivity index (χ4n) is 2.64. The van der Waals surface area contributed by atoms with Crippen LogP contribution in [0.5, 0.6) is 0 Å². The van der Waals surface area contributed by atoms with Crippen LogP contribution < -0.4 is 0 Å². The molecule has 114 valence electrons. The van der Waals surface area contributed by atoms with Crippen molar-refractivity contribution in [2.75, 3.05) is 13.6 Å². The van der Waals surface area contributed by atoms with Gasteiger partial charge in [-0.2, -0.15) is 0 Å². The van der Waals surface area contributed by atoms with Crippen molar-refractivity contribution in [3.8, 4) is 0 Å². The molecule has 0 bridgehead atoms. The maximum absolute atomic E-state index is 9.83. The molecule has 21 heavy (non-hydrogen) atoms. The summed E-state index contributed by atoms with van der Waals surface area (Å²) < 4.78 is 5.56. The maximum Gasteiger partial charge on any atom is 0.163 e. The molecular weight excluding hydrogens is 268 g/mol. The third kappa shape index (κ3) is 4.19. The molecule has 1 fully saturated rings. The highest BCUT2D eigenvalue weighted by Crippen LogP contribution is 2.24. The third-order valence-corrected chi connectivity index (χ3v) is 4.08. The summed E-state index contributed by atoms with van der Waals surface area (Å²) in [4.78, 5) is 4.95. The van der Waals surface area contributed by atoms with Crippen LogP contribution in [0.25, 0.3) is 10.4 Å². The van der Waals surface area contributed by atoms with Gasteiger partial charge in [-0.25, -0.2) is 0 Å². The van der Waals surface area contributed by atoms with E-state index in [1.54, 1.807) is 0 Å². The van der Waals surface area contributed by atoms with Crippen LogP contribution in [0.2, 0.25) is 0 Å². The highest BCUT2D eigenvalue weighted by Gasteiger charge is 2.30. The first kappa shape index (κ1) is 15.8. The SMILES string of the molecule is C[C@@H](c1ccccc1)N(C)C[C@H]1CC[C@@H](N=[N+]=[N-])[C@H](O)O1. The molecular formula is C15H22N4O2. The van der Waals surface area contributed by atoms with Crippen molar-refractivity contribution in [1.29, 1.82) is 0 Å². The van der Waals surface area contributed by atoms with E-state index in [1.165, 1.54) is 5.56 Å². The van der Waals surface area contributed by atoms with Crippen molar-refractivity contribution < 1.29 is 9.84 Å². The van der Waals surface area contributed by atoms with Crippen LogP contribution in [0.15, 0.2) is 35.4 Å². The first-order chi connectivity index (χ1) is 10.1. The van der Waals surface area contributed by atoms with Gasteiger partial charge in [0.1, 0.15) is 0 Å². The van der Waals surface area contributed by atoms with Gasteiger partial charge in [0.25, 0.3) is 0 Å². The summed E-state index contributed by atoms with van der Waals surface area (Å²) in [7, 11) is 2.05. The predicted molar refractivity (Wildman–Crippen MR) is 80.5 cm³/mol. The lowest BCUT2D eigenvalue weighted by Gasteiger charge is -2.35.